The van der Waals surface area contributed by atoms with E-state index in [0.717, 1.165) is 37.9 Å². The molecule has 5 nitrogen and oxygen atoms in total. The SMILES string of the molecule is O=S(=O)(CCCCNC1CC1)Nc1nc2c(s1)CCC2. The molecule has 2 N–H and O–H groups in total. The Balaban J connectivity index is 1.42. The minimum absolute atomic E-state index is 0.184. The number of aryl methyl sites for hydroxylation is 2. The molecule has 7 heteroatoms. The normalized spacial score (nSPS) is 18.2. The first-order valence-electron chi connectivity index (χ1n) is 7.35. The van der Waals surface area contributed by atoms with Gasteiger partial charge in [-0.3, -0.25) is 4.72 Å². The molecule has 1 aromatic rings. The zero-order valence-corrected chi connectivity index (χ0v) is 13.2. The molecule has 1 saturated carbocycles. The maximum atomic E-state index is 12.0. The molecule has 2 aliphatic rings. The van der Waals surface area contributed by atoms with Gasteiger partial charge in [-0.25, -0.2) is 13.4 Å². The number of sulfonamides is 1. The van der Waals surface area contributed by atoms with Crippen molar-refractivity contribution >= 4 is 26.5 Å². The van der Waals surface area contributed by atoms with Gasteiger partial charge in [0.25, 0.3) is 0 Å². The molecule has 0 unspecified atom stereocenters. The van der Waals surface area contributed by atoms with Crippen molar-refractivity contribution in [2.45, 2.75) is 51.0 Å². The second kappa shape index (κ2) is 5.99. The molecular formula is C13H21N3O2S2. The van der Waals surface area contributed by atoms with Crippen molar-refractivity contribution in [2.75, 3.05) is 17.0 Å². The van der Waals surface area contributed by atoms with Crippen molar-refractivity contribution in [1.29, 1.82) is 0 Å². The Labute approximate surface area is 124 Å². The van der Waals surface area contributed by atoms with Crippen LogP contribution >= 0.6 is 11.3 Å². The third kappa shape index (κ3) is 3.93. The quantitative estimate of drug-likeness (QED) is 0.719. The van der Waals surface area contributed by atoms with Gasteiger partial charge in [0.1, 0.15) is 0 Å². The number of thiazole rings is 1. The third-order valence-corrected chi connectivity index (χ3v) is 6.22. The second-order valence-electron chi connectivity index (χ2n) is 5.60. The number of rotatable bonds is 8. The van der Waals surface area contributed by atoms with Crippen molar-refractivity contribution in [3.05, 3.63) is 10.6 Å². The Morgan fingerprint density at radius 1 is 1.25 bits per heavy atom. The van der Waals surface area contributed by atoms with E-state index >= 15 is 0 Å². The smallest absolute Gasteiger partial charge is 0.234 e. The van der Waals surface area contributed by atoms with E-state index in [4.69, 9.17) is 0 Å². The molecule has 0 saturated heterocycles. The zero-order chi connectivity index (χ0) is 14.0. The lowest BCUT2D eigenvalue weighted by Crippen LogP contribution is -2.20. The van der Waals surface area contributed by atoms with Crippen LogP contribution in [-0.4, -0.2) is 31.7 Å². The summed E-state index contributed by atoms with van der Waals surface area (Å²) < 4.78 is 26.6. The Kier molecular flexibility index (Phi) is 4.28. The van der Waals surface area contributed by atoms with E-state index in [-0.39, 0.29) is 5.75 Å². The minimum Gasteiger partial charge on any atom is -0.314 e. The minimum atomic E-state index is -3.24. The van der Waals surface area contributed by atoms with Crippen LogP contribution in [0, 0.1) is 0 Å². The van der Waals surface area contributed by atoms with Crippen LogP contribution in [0.1, 0.15) is 42.7 Å². The molecular weight excluding hydrogens is 294 g/mol. The number of nitrogens with one attached hydrogen (secondary N) is 2. The molecule has 0 amide bonds. The number of nitrogens with zero attached hydrogens (tertiary/aromatic N) is 1. The summed E-state index contributed by atoms with van der Waals surface area (Å²) in [5.41, 5.74) is 1.08. The van der Waals surface area contributed by atoms with Gasteiger partial charge in [-0.05, 0) is 51.5 Å². The maximum Gasteiger partial charge on any atom is 0.234 e. The van der Waals surface area contributed by atoms with Crippen molar-refractivity contribution in [1.82, 2.24) is 10.3 Å². The van der Waals surface area contributed by atoms with E-state index in [0.29, 0.717) is 17.6 Å². The van der Waals surface area contributed by atoms with E-state index in [1.807, 2.05) is 0 Å². The van der Waals surface area contributed by atoms with E-state index in [9.17, 15) is 8.42 Å². The first kappa shape index (κ1) is 14.3. The van der Waals surface area contributed by atoms with Crippen molar-refractivity contribution in [3.63, 3.8) is 0 Å². The van der Waals surface area contributed by atoms with Crippen LogP contribution in [0.3, 0.4) is 0 Å². The average Bonchev–Trinajstić information content (AvgIpc) is 2.97. The fourth-order valence-electron chi connectivity index (χ4n) is 2.43. The lowest BCUT2D eigenvalue weighted by Gasteiger charge is -2.05. The van der Waals surface area contributed by atoms with Gasteiger partial charge >= 0.3 is 0 Å². The van der Waals surface area contributed by atoms with E-state index in [1.54, 1.807) is 0 Å². The van der Waals surface area contributed by atoms with E-state index in [2.05, 4.69) is 15.0 Å². The van der Waals surface area contributed by atoms with Gasteiger partial charge in [0.2, 0.25) is 10.0 Å². The van der Waals surface area contributed by atoms with Gasteiger partial charge < -0.3 is 5.32 Å². The summed E-state index contributed by atoms with van der Waals surface area (Å²) in [7, 11) is -3.24. The van der Waals surface area contributed by atoms with E-state index in [1.165, 1.54) is 29.1 Å². The highest BCUT2D eigenvalue weighted by Gasteiger charge is 2.21. The topological polar surface area (TPSA) is 71.1 Å². The van der Waals surface area contributed by atoms with Gasteiger partial charge in [0.05, 0.1) is 11.4 Å². The summed E-state index contributed by atoms with van der Waals surface area (Å²) in [5.74, 6) is 0.184. The van der Waals surface area contributed by atoms with Crippen LogP contribution < -0.4 is 10.0 Å². The predicted octanol–water partition coefficient (Wildman–Crippen LogP) is 1.91. The Morgan fingerprint density at radius 3 is 2.85 bits per heavy atom. The fourth-order valence-corrected chi connectivity index (χ4v) is 4.88. The lowest BCUT2D eigenvalue weighted by atomic mass is 10.3. The van der Waals surface area contributed by atoms with Crippen LogP contribution in [0.5, 0.6) is 0 Å². The zero-order valence-electron chi connectivity index (χ0n) is 11.5. The molecule has 20 heavy (non-hydrogen) atoms. The second-order valence-corrected chi connectivity index (χ2v) is 8.52. The van der Waals surface area contributed by atoms with Gasteiger partial charge in [0, 0.05) is 10.9 Å². The maximum absolute atomic E-state index is 12.0. The Bertz CT molecular complexity index is 543. The summed E-state index contributed by atoms with van der Waals surface area (Å²) in [6.45, 7) is 0.922. The highest BCUT2D eigenvalue weighted by molar-refractivity contribution is 7.92. The number of unbranched alkanes of at least 4 members (excludes halogenated alkanes) is 1. The summed E-state index contributed by atoms with van der Waals surface area (Å²) in [6.07, 6.45) is 7.33. The van der Waals surface area contributed by atoms with Gasteiger partial charge in [0.15, 0.2) is 5.13 Å². The summed E-state index contributed by atoms with van der Waals surface area (Å²) in [4.78, 5) is 5.61. The number of anilines is 1. The average molecular weight is 315 g/mol. The fraction of sp³-hybridized carbons (Fsp3) is 0.769. The molecule has 0 bridgehead atoms. The predicted molar refractivity (Wildman–Crippen MR) is 81.8 cm³/mol. The van der Waals surface area contributed by atoms with E-state index < -0.39 is 10.0 Å². The first-order valence-corrected chi connectivity index (χ1v) is 9.82. The molecule has 0 aliphatic heterocycles. The molecule has 112 valence electrons. The van der Waals surface area contributed by atoms with Gasteiger partial charge in [-0.2, -0.15) is 0 Å². The molecule has 0 radical (unpaired) electrons. The molecule has 1 fully saturated rings. The number of hydrogen-bond donors (Lipinski definition) is 2. The molecule has 1 heterocycles. The van der Waals surface area contributed by atoms with Crippen LogP contribution in [0.2, 0.25) is 0 Å². The van der Waals surface area contributed by atoms with Gasteiger partial charge in [-0.1, -0.05) is 0 Å². The molecule has 0 atom stereocenters. The molecule has 3 rings (SSSR count). The van der Waals surface area contributed by atoms with Crippen LogP contribution in [0.25, 0.3) is 0 Å². The van der Waals surface area contributed by atoms with Crippen molar-refractivity contribution in [3.8, 4) is 0 Å². The summed E-state index contributed by atoms with van der Waals surface area (Å²) in [6, 6.07) is 0.697. The molecule has 1 aromatic heterocycles. The molecule has 0 aromatic carbocycles. The first-order chi connectivity index (χ1) is 9.62. The lowest BCUT2D eigenvalue weighted by molar-refractivity contribution is 0.591. The van der Waals surface area contributed by atoms with Crippen molar-refractivity contribution in [2.24, 2.45) is 0 Å². The number of aromatic nitrogens is 1. The monoisotopic (exact) mass is 315 g/mol. The van der Waals surface area contributed by atoms with Gasteiger partial charge in [-0.15, -0.1) is 11.3 Å². The van der Waals surface area contributed by atoms with Crippen LogP contribution in [0.4, 0.5) is 5.13 Å². The standard InChI is InChI=1S/C13H21N3O2S2/c17-20(18,9-2-1-8-14-10-6-7-10)16-13-15-11-4-3-5-12(11)19-13/h10,14H,1-9H2,(H,15,16). The van der Waals surface area contributed by atoms with Crippen LogP contribution in [0.15, 0.2) is 0 Å². The Morgan fingerprint density at radius 2 is 2.10 bits per heavy atom. The molecule has 0 spiro atoms. The Hall–Kier alpha value is -0.660. The third-order valence-electron chi connectivity index (χ3n) is 3.69. The molecule has 2 aliphatic carbocycles. The largest absolute Gasteiger partial charge is 0.314 e. The number of hydrogen-bond acceptors (Lipinski definition) is 5. The van der Waals surface area contributed by atoms with Crippen LogP contribution in [-0.2, 0) is 22.9 Å². The highest BCUT2D eigenvalue weighted by atomic mass is 32.2. The van der Waals surface area contributed by atoms with Crippen molar-refractivity contribution < 1.29 is 8.42 Å². The summed E-state index contributed by atoms with van der Waals surface area (Å²) >= 11 is 1.49. The summed E-state index contributed by atoms with van der Waals surface area (Å²) in [5, 5.41) is 3.94. The number of fused-ring (bicyclic) bond motifs is 1. The highest BCUT2D eigenvalue weighted by Crippen LogP contribution is 2.30.